The summed E-state index contributed by atoms with van der Waals surface area (Å²) in [7, 11) is 0. The van der Waals surface area contributed by atoms with Crippen LogP contribution < -0.4 is 5.32 Å². The van der Waals surface area contributed by atoms with Crippen LogP contribution in [0.2, 0.25) is 0 Å². The SMILES string of the molecule is c1nc(C2CCCNCC2)no1. The lowest BCUT2D eigenvalue weighted by molar-refractivity contribution is 0.400. The van der Waals surface area contributed by atoms with Gasteiger partial charge in [-0.1, -0.05) is 5.16 Å². The average Bonchev–Trinajstić information content (AvgIpc) is 2.48. The van der Waals surface area contributed by atoms with Crippen molar-refractivity contribution in [2.45, 2.75) is 25.2 Å². The van der Waals surface area contributed by atoms with E-state index >= 15 is 0 Å². The van der Waals surface area contributed by atoms with Gasteiger partial charge in [-0.2, -0.15) is 4.98 Å². The molecule has 0 saturated carbocycles. The first-order valence-electron chi connectivity index (χ1n) is 4.44. The fourth-order valence-corrected chi connectivity index (χ4v) is 1.64. The van der Waals surface area contributed by atoms with Crippen molar-refractivity contribution < 1.29 is 4.52 Å². The first kappa shape index (κ1) is 7.73. The first-order chi connectivity index (χ1) is 5.97. The predicted octanol–water partition coefficient (Wildman–Crippen LogP) is 0.927. The third kappa shape index (κ3) is 1.64. The van der Waals surface area contributed by atoms with Gasteiger partial charge in [-0.3, -0.25) is 0 Å². The van der Waals surface area contributed by atoms with Crippen LogP contribution in [0.5, 0.6) is 0 Å². The Labute approximate surface area is 71.4 Å². The van der Waals surface area contributed by atoms with Crippen molar-refractivity contribution in [2.75, 3.05) is 13.1 Å². The van der Waals surface area contributed by atoms with Crippen LogP contribution >= 0.6 is 0 Å². The number of nitrogens with one attached hydrogen (secondary N) is 1. The van der Waals surface area contributed by atoms with E-state index in [-0.39, 0.29) is 0 Å². The standard InChI is InChI=1S/C8H13N3O/c1-2-7(3-5-9-4-1)8-10-6-12-11-8/h6-7,9H,1-5H2. The molecule has 1 aromatic rings. The van der Waals surface area contributed by atoms with Crippen LogP contribution in [0.25, 0.3) is 0 Å². The lowest BCUT2D eigenvalue weighted by Crippen LogP contribution is -2.13. The monoisotopic (exact) mass is 167 g/mol. The molecule has 1 unspecified atom stereocenters. The molecular formula is C8H13N3O. The number of aromatic nitrogens is 2. The van der Waals surface area contributed by atoms with E-state index < -0.39 is 0 Å². The summed E-state index contributed by atoms with van der Waals surface area (Å²) in [4.78, 5) is 4.08. The van der Waals surface area contributed by atoms with E-state index in [0.29, 0.717) is 5.92 Å². The van der Waals surface area contributed by atoms with Gasteiger partial charge in [0.25, 0.3) is 0 Å². The van der Waals surface area contributed by atoms with E-state index in [0.717, 1.165) is 25.3 Å². The zero-order valence-electron chi connectivity index (χ0n) is 6.99. The highest BCUT2D eigenvalue weighted by atomic mass is 16.5. The number of hydrogen-bond acceptors (Lipinski definition) is 4. The first-order valence-corrected chi connectivity index (χ1v) is 4.44. The Morgan fingerprint density at radius 2 is 2.42 bits per heavy atom. The minimum atomic E-state index is 0.499. The molecule has 1 aliphatic heterocycles. The summed E-state index contributed by atoms with van der Waals surface area (Å²) in [6, 6.07) is 0. The van der Waals surface area contributed by atoms with Crippen LogP contribution in [-0.4, -0.2) is 23.2 Å². The molecule has 1 saturated heterocycles. The van der Waals surface area contributed by atoms with Crippen LogP contribution in [0.4, 0.5) is 0 Å². The van der Waals surface area contributed by atoms with Crippen molar-refractivity contribution in [1.29, 1.82) is 0 Å². The number of hydrogen-bond donors (Lipinski definition) is 1. The summed E-state index contributed by atoms with van der Waals surface area (Å²) in [5, 5.41) is 7.22. The summed E-state index contributed by atoms with van der Waals surface area (Å²) in [5.41, 5.74) is 0. The molecule has 12 heavy (non-hydrogen) atoms. The molecule has 4 nitrogen and oxygen atoms in total. The van der Waals surface area contributed by atoms with Crippen molar-refractivity contribution in [2.24, 2.45) is 0 Å². The molecule has 0 spiro atoms. The summed E-state index contributed by atoms with van der Waals surface area (Å²) in [6.45, 7) is 2.19. The van der Waals surface area contributed by atoms with Gasteiger partial charge in [0.2, 0.25) is 6.39 Å². The summed E-state index contributed by atoms with van der Waals surface area (Å²) < 4.78 is 4.73. The summed E-state index contributed by atoms with van der Waals surface area (Å²) in [6.07, 6.45) is 4.92. The van der Waals surface area contributed by atoms with Gasteiger partial charge in [-0.15, -0.1) is 0 Å². The van der Waals surface area contributed by atoms with Gasteiger partial charge < -0.3 is 9.84 Å². The van der Waals surface area contributed by atoms with Gasteiger partial charge in [-0.25, -0.2) is 0 Å². The number of nitrogens with zero attached hydrogens (tertiary/aromatic N) is 2. The molecule has 1 aliphatic rings. The third-order valence-corrected chi connectivity index (χ3v) is 2.32. The van der Waals surface area contributed by atoms with Crippen LogP contribution in [0.3, 0.4) is 0 Å². The highest BCUT2D eigenvalue weighted by molar-refractivity contribution is 4.92. The summed E-state index contributed by atoms with van der Waals surface area (Å²) >= 11 is 0. The second-order valence-electron chi connectivity index (χ2n) is 3.17. The normalized spacial score (nSPS) is 25.2. The van der Waals surface area contributed by atoms with Gasteiger partial charge >= 0.3 is 0 Å². The second-order valence-corrected chi connectivity index (χ2v) is 3.17. The molecular weight excluding hydrogens is 154 g/mol. The molecule has 0 amide bonds. The van der Waals surface area contributed by atoms with Crippen molar-refractivity contribution in [1.82, 2.24) is 15.5 Å². The van der Waals surface area contributed by atoms with Crippen LogP contribution in [-0.2, 0) is 0 Å². The molecule has 0 aromatic carbocycles. The lowest BCUT2D eigenvalue weighted by atomic mass is 10.0. The zero-order chi connectivity index (χ0) is 8.23. The molecule has 1 fully saturated rings. The third-order valence-electron chi connectivity index (χ3n) is 2.32. The highest BCUT2D eigenvalue weighted by Gasteiger charge is 2.17. The quantitative estimate of drug-likeness (QED) is 0.676. The molecule has 1 N–H and O–H groups in total. The lowest BCUT2D eigenvalue weighted by Gasteiger charge is -2.06. The fourth-order valence-electron chi connectivity index (χ4n) is 1.64. The van der Waals surface area contributed by atoms with Crippen LogP contribution in [0, 0.1) is 0 Å². The Morgan fingerprint density at radius 3 is 3.25 bits per heavy atom. The fraction of sp³-hybridized carbons (Fsp3) is 0.750. The molecule has 0 radical (unpaired) electrons. The van der Waals surface area contributed by atoms with E-state index in [1.165, 1.54) is 19.2 Å². The molecule has 0 bridgehead atoms. The Morgan fingerprint density at radius 1 is 1.42 bits per heavy atom. The molecule has 1 atom stereocenters. The van der Waals surface area contributed by atoms with E-state index in [9.17, 15) is 0 Å². The van der Waals surface area contributed by atoms with E-state index in [1.54, 1.807) is 0 Å². The highest BCUT2D eigenvalue weighted by Crippen LogP contribution is 2.22. The average molecular weight is 167 g/mol. The van der Waals surface area contributed by atoms with Crippen molar-refractivity contribution >= 4 is 0 Å². The maximum absolute atomic E-state index is 4.73. The maximum Gasteiger partial charge on any atom is 0.213 e. The zero-order valence-corrected chi connectivity index (χ0v) is 6.99. The van der Waals surface area contributed by atoms with Gasteiger partial charge in [-0.05, 0) is 32.4 Å². The smallest absolute Gasteiger partial charge is 0.213 e. The van der Waals surface area contributed by atoms with Gasteiger partial charge in [0.05, 0.1) is 0 Å². The molecule has 1 aromatic heterocycles. The second kappa shape index (κ2) is 3.67. The number of rotatable bonds is 1. The Kier molecular flexibility index (Phi) is 2.36. The van der Waals surface area contributed by atoms with E-state index in [2.05, 4.69) is 15.5 Å². The Balaban J connectivity index is 2.02. The van der Waals surface area contributed by atoms with Crippen molar-refractivity contribution in [3.63, 3.8) is 0 Å². The maximum atomic E-state index is 4.73. The minimum absolute atomic E-state index is 0.499. The van der Waals surface area contributed by atoms with Gasteiger partial charge in [0.1, 0.15) is 0 Å². The van der Waals surface area contributed by atoms with Crippen molar-refractivity contribution in [3.8, 4) is 0 Å². The van der Waals surface area contributed by atoms with Crippen molar-refractivity contribution in [3.05, 3.63) is 12.2 Å². The Hall–Kier alpha value is -0.900. The largest absolute Gasteiger partial charge is 0.343 e. The molecule has 4 heteroatoms. The van der Waals surface area contributed by atoms with Crippen LogP contribution in [0.15, 0.2) is 10.9 Å². The molecule has 2 heterocycles. The van der Waals surface area contributed by atoms with E-state index in [1.807, 2.05) is 0 Å². The topological polar surface area (TPSA) is 51.0 Å². The molecule has 2 rings (SSSR count). The Bertz CT molecular complexity index is 214. The molecule has 0 aliphatic carbocycles. The summed E-state index contributed by atoms with van der Waals surface area (Å²) in [5.74, 6) is 1.37. The van der Waals surface area contributed by atoms with E-state index in [4.69, 9.17) is 4.52 Å². The van der Waals surface area contributed by atoms with Crippen LogP contribution in [0.1, 0.15) is 31.0 Å². The predicted molar refractivity (Wildman–Crippen MR) is 43.8 cm³/mol. The van der Waals surface area contributed by atoms with Gasteiger partial charge in [0, 0.05) is 5.92 Å². The van der Waals surface area contributed by atoms with Gasteiger partial charge in [0.15, 0.2) is 5.82 Å². The molecule has 66 valence electrons. The minimum Gasteiger partial charge on any atom is -0.343 e.